The van der Waals surface area contributed by atoms with Gasteiger partial charge in [-0.25, -0.2) is 9.59 Å². The minimum absolute atomic E-state index is 0.0852. The molecule has 26 heavy (non-hydrogen) atoms. The van der Waals surface area contributed by atoms with Gasteiger partial charge < -0.3 is 24.6 Å². The third kappa shape index (κ3) is 2.63. The number of amides is 1. The highest BCUT2D eigenvalue weighted by atomic mass is 16.4. The van der Waals surface area contributed by atoms with Crippen LogP contribution in [0.5, 0.6) is 0 Å². The summed E-state index contributed by atoms with van der Waals surface area (Å²) in [7, 11) is 0. The standard InChI is InChI=1S/C19H23N3O4/c1-11-10-21(7-8-22(11)19(24)25)16-4-3-14-13-5-6-20-9-15(13)18(23)26-17(14)12(16)2/h3-4,11,20H,5-10H2,1-2H3,(H,24,25)/t11-/m0/s1. The number of hydrogen-bond acceptors (Lipinski definition) is 5. The highest BCUT2D eigenvalue weighted by molar-refractivity contribution is 5.88. The van der Waals surface area contributed by atoms with Crippen LogP contribution in [0.15, 0.2) is 21.3 Å². The molecule has 0 bridgehead atoms. The fourth-order valence-electron chi connectivity index (χ4n) is 4.18. The normalized spacial score (nSPS) is 20.3. The lowest BCUT2D eigenvalue weighted by molar-refractivity contribution is 0.122. The molecular formula is C19H23N3O4. The SMILES string of the molecule is Cc1c(N2CCN(C(=O)O)[C@@H](C)C2)ccc2c3c(c(=O)oc12)CNCC3. The monoisotopic (exact) mass is 357 g/mol. The summed E-state index contributed by atoms with van der Waals surface area (Å²) in [5.41, 5.74) is 4.17. The molecule has 0 spiro atoms. The van der Waals surface area contributed by atoms with Crippen LogP contribution < -0.4 is 15.8 Å². The van der Waals surface area contributed by atoms with Crippen LogP contribution in [0, 0.1) is 6.92 Å². The molecule has 2 N–H and O–H groups in total. The predicted molar refractivity (Wildman–Crippen MR) is 99.0 cm³/mol. The summed E-state index contributed by atoms with van der Waals surface area (Å²) >= 11 is 0. The van der Waals surface area contributed by atoms with E-state index in [1.165, 1.54) is 4.90 Å². The maximum absolute atomic E-state index is 12.4. The first kappa shape index (κ1) is 16.9. The smallest absolute Gasteiger partial charge is 0.407 e. The lowest BCUT2D eigenvalue weighted by atomic mass is 9.96. The van der Waals surface area contributed by atoms with E-state index in [-0.39, 0.29) is 11.7 Å². The first-order chi connectivity index (χ1) is 12.5. The van der Waals surface area contributed by atoms with Gasteiger partial charge in [0.25, 0.3) is 0 Å². The van der Waals surface area contributed by atoms with Crippen LogP contribution in [0.2, 0.25) is 0 Å². The number of fused-ring (bicyclic) bond motifs is 3. The van der Waals surface area contributed by atoms with Crippen molar-refractivity contribution in [3.05, 3.63) is 39.2 Å². The Hall–Kier alpha value is -2.54. The molecule has 1 amide bonds. The van der Waals surface area contributed by atoms with Crippen LogP contribution in [0.1, 0.15) is 23.6 Å². The molecule has 4 rings (SSSR count). The molecule has 0 saturated carbocycles. The van der Waals surface area contributed by atoms with Crippen LogP contribution >= 0.6 is 0 Å². The van der Waals surface area contributed by atoms with E-state index in [2.05, 4.69) is 16.3 Å². The van der Waals surface area contributed by atoms with Gasteiger partial charge in [0.05, 0.1) is 5.56 Å². The van der Waals surface area contributed by atoms with Crippen LogP contribution in [-0.4, -0.2) is 48.3 Å². The number of nitrogens with one attached hydrogen (secondary N) is 1. The Kier molecular flexibility index (Phi) is 4.11. The largest absolute Gasteiger partial charge is 0.465 e. The number of nitrogens with zero attached hydrogens (tertiary/aromatic N) is 2. The van der Waals surface area contributed by atoms with Gasteiger partial charge in [0.2, 0.25) is 0 Å². The lowest BCUT2D eigenvalue weighted by Crippen LogP contribution is -2.53. The van der Waals surface area contributed by atoms with Crippen molar-refractivity contribution in [3.8, 4) is 0 Å². The molecular weight excluding hydrogens is 334 g/mol. The summed E-state index contributed by atoms with van der Waals surface area (Å²) in [5.74, 6) is 0. The Labute approximate surface area is 151 Å². The summed E-state index contributed by atoms with van der Waals surface area (Å²) in [5, 5.41) is 13.5. The molecule has 1 saturated heterocycles. The molecule has 7 nitrogen and oxygen atoms in total. The second-order valence-electron chi connectivity index (χ2n) is 7.13. The number of rotatable bonds is 1. The number of anilines is 1. The first-order valence-electron chi connectivity index (χ1n) is 9.00. The fraction of sp³-hybridized carbons (Fsp3) is 0.474. The van der Waals surface area contributed by atoms with E-state index in [9.17, 15) is 14.7 Å². The number of carboxylic acid groups (broad SMARTS) is 1. The summed E-state index contributed by atoms with van der Waals surface area (Å²) in [6.07, 6.45) is -0.0523. The maximum atomic E-state index is 12.4. The van der Waals surface area contributed by atoms with Crippen molar-refractivity contribution in [3.63, 3.8) is 0 Å². The van der Waals surface area contributed by atoms with Crippen LogP contribution in [0.4, 0.5) is 10.5 Å². The second kappa shape index (κ2) is 6.32. The predicted octanol–water partition coefficient (Wildman–Crippen LogP) is 1.94. The average Bonchev–Trinajstić information content (AvgIpc) is 2.62. The molecule has 2 aliphatic rings. The summed E-state index contributed by atoms with van der Waals surface area (Å²) < 4.78 is 5.68. The van der Waals surface area contributed by atoms with Gasteiger partial charge in [-0.1, -0.05) is 0 Å². The van der Waals surface area contributed by atoms with Crippen molar-refractivity contribution in [1.82, 2.24) is 10.2 Å². The minimum atomic E-state index is -0.876. The van der Waals surface area contributed by atoms with Gasteiger partial charge in [-0.3, -0.25) is 0 Å². The zero-order chi connectivity index (χ0) is 18.4. The van der Waals surface area contributed by atoms with Crippen LogP contribution in [-0.2, 0) is 13.0 Å². The van der Waals surface area contributed by atoms with E-state index in [4.69, 9.17) is 4.42 Å². The Bertz CT molecular complexity index is 937. The number of carbonyl (C=O) groups is 1. The highest BCUT2D eigenvalue weighted by Crippen LogP contribution is 2.32. The van der Waals surface area contributed by atoms with Crippen molar-refractivity contribution in [1.29, 1.82) is 0 Å². The minimum Gasteiger partial charge on any atom is -0.465 e. The summed E-state index contributed by atoms with van der Waals surface area (Å²) in [6.45, 7) is 7.03. The number of benzene rings is 1. The third-order valence-electron chi connectivity index (χ3n) is 5.58. The van der Waals surface area contributed by atoms with Crippen LogP contribution in [0.25, 0.3) is 11.0 Å². The molecule has 1 aromatic carbocycles. The van der Waals surface area contributed by atoms with E-state index in [1.807, 2.05) is 19.9 Å². The van der Waals surface area contributed by atoms with Gasteiger partial charge in [0, 0.05) is 48.9 Å². The van der Waals surface area contributed by atoms with E-state index >= 15 is 0 Å². The van der Waals surface area contributed by atoms with Crippen LogP contribution in [0.3, 0.4) is 0 Å². The average molecular weight is 357 g/mol. The fourth-order valence-corrected chi connectivity index (χ4v) is 4.18. The molecule has 0 unspecified atom stereocenters. The van der Waals surface area contributed by atoms with Crippen molar-refractivity contribution in [2.45, 2.75) is 32.9 Å². The van der Waals surface area contributed by atoms with Gasteiger partial charge in [-0.2, -0.15) is 0 Å². The Morgan fingerprint density at radius 2 is 2.12 bits per heavy atom. The molecule has 1 atom stereocenters. The molecule has 1 aromatic heterocycles. The second-order valence-corrected chi connectivity index (χ2v) is 7.13. The molecule has 138 valence electrons. The zero-order valence-electron chi connectivity index (χ0n) is 15.0. The molecule has 2 aromatic rings. The summed E-state index contributed by atoms with van der Waals surface area (Å²) in [6, 6.07) is 4.03. The maximum Gasteiger partial charge on any atom is 0.407 e. The van der Waals surface area contributed by atoms with Crippen molar-refractivity contribution in [2.24, 2.45) is 0 Å². The molecule has 2 aliphatic heterocycles. The Morgan fingerprint density at radius 1 is 1.31 bits per heavy atom. The third-order valence-corrected chi connectivity index (χ3v) is 5.58. The number of aryl methyl sites for hydroxylation is 1. The molecule has 3 heterocycles. The highest BCUT2D eigenvalue weighted by Gasteiger charge is 2.28. The van der Waals surface area contributed by atoms with Gasteiger partial charge in [-0.05, 0) is 44.5 Å². The first-order valence-corrected chi connectivity index (χ1v) is 9.00. The molecule has 7 heteroatoms. The zero-order valence-corrected chi connectivity index (χ0v) is 15.0. The van der Waals surface area contributed by atoms with Gasteiger partial charge in [0.15, 0.2) is 0 Å². The van der Waals surface area contributed by atoms with E-state index in [0.29, 0.717) is 31.8 Å². The Morgan fingerprint density at radius 3 is 2.85 bits per heavy atom. The van der Waals surface area contributed by atoms with Crippen molar-refractivity contribution < 1.29 is 14.3 Å². The van der Waals surface area contributed by atoms with E-state index in [0.717, 1.165) is 40.7 Å². The van der Waals surface area contributed by atoms with Gasteiger partial charge in [0.1, 0.15) is 5.58 Å². The van der Waals surface area contributed by atoms with Gasteiger partial charge in [-0.15, -0.1) is 0 Å². The Balaban J connectivity index is 1.75. The lowest BCUT2D eigenvalue weighted by Gasteiger charge is -2.40. The quantitative estimate of drug-likeness (QED) is 0.759. The molecule has 0 aliphatic carbocycles. The summed E-state index contributed by atoms with van der Waals surface area (Å²) in [4.78, 5) is 27.3. The van der Waals surface area contributed by atoms with Gasteiger partial charge >= 0.3 is 11.7 Å². The topological polar surface area (TPSA) is 86.0 Å². The molecule has 1 fully saturated rings. The van der Waals surface area contributed by atoms with E-state index in [1.54, 1.807) is 0 Å². The van der Waals surface area contributed by atoms with Crippen molar-refractivity contribution in [2.75, 3.05) is 31.1 Å². The number of hydrogen-bond donors (Lipinski definition) is 2. The van der Waals surface area contributed by atoms with E-state index < -0.39 is 6.09 Å². The van der Waals surface area contributed by atoms with Crippen molar-refractivity contribution >= 4 is 22.7 Å². The number of piperazine rings is 1. The molecule has 0 radical (unpaired) electrons.